The number of benzene rings is 1. The molecule has 0 fully saturated rings. The fraction of sp³-hybridized carbons (Fsp3) is 0.533. The molecule has 0 saturated heterocycles. The minimum atomic E-state index is 0.477. The third kappa shape index (κ3) is 3.49. The second-order valence-electron chi connectivity index (χ2n) is 5.25. The molecule has 1 aromatic rings. The van der Waals surface area contributed by atoms with E-state index in [9.17, 15) is 0 Å². The van der Waals surface area contributed by atoms with Crippen molar-refractivity contribution in [3.63, 3.8) is 0 Å². The first-order chi connectivity index (χ1) is 7.95. The summed E-state index contributed by atoms with van der Waals surface area (Å²) in [6.07, 6.45) is 0. The van der Waals surface area contributed by atoms with Crippen LogP contribution in [-0.2, 0) is 0 Å². The van der Waals surface area contributed by atoms with Gasteiger partial charge in [-0.1, -0.05) is 13.8 Å². The van der Waals surface area contributed by atoms with Gasteiger partial charge in [0.05, 0.1) is 11.6 Å². The highest BCUT2D eigenvalue weighted by molar-refractivity contribution is 5.54. The van der Waals surface area contributed by atoms with Crippen molar-refractivity contribution in [1.29, 1.82) is 5.26 Å². The van der Waals surface area contributed by atoms with Crippen molar-refractivity contribution in [3.05, 3.63) is 29.3 Å². The predicted molar refractivity (Wildman–Crippen MR) is 73.2 cm³/mol. The van der Waals surface area contributed by atoms with E-state index in [0.29, 0.717) is 12.0 Å². The van der Waals surface area contributed by atoms with E-state index in [1.54, 1.807) is 0 Å². The number of nitrogens with zero attached hydrogens (tertiary/aromatic N) is 2. The second kappa shape index (κ2) is 5.72. The topological polar surface area (TPSA) is 27.0 Å². The van der Waals surface area contributed by atoms with Gasteiger partial charge in [-0.3, -0.25) is 0 Å². The van der Waals surface area contributed by atoms with E-state index in [1.165, 1.54) is 5.69 Å². The quantitative estimate of drug-likeness (QED) is 0.788. The summed E-state index contributed by atoms with van der Waals surface area (Å²) in [5.41, 5.74) is 3.03. The number of rotatable bonds is 4. The highest BCUT2D eigenvalue weighted by Gasteiger charge is 2.13. The lowest BCUT2D eigenvalue weighted by atomic mass is 10.1. The minimum absolute atomic E-state index is 0.477. The van der Waals surface area contributed by atoms with Crippen LogP contribution in [0.1, 0.15) is 38.8 Å². The number of hydrogen-bond donors (Lipinski definition) is 0. The number of nitriles is 1. The normalized spacial score (nSPS) is 10.7. The molecule has 0 saturated carbocycles. The Balaban J connectivity index is 3.03. The first-order valence-electron chi connectivity index (χ1n) is 6.23. The van der Waals surface area contributed by atoms with E-state index in [0.717, 1.165) is 17.7 Å². The molecule has 0 heterocycles. The number of aryl methyl sites for hydroxylation is 1. The monoisotopic (exact) mass is 230 g/mol. The van der Waals surface area contributed by atoms with Gasteiger partial charge in [-0.2, -0.15) is 5.26 Å². The summed E-state index contributed by atoms with van der Waals surface area (Å²) >= 11 is 0. The molecule has 1 rings (SSSR count). The van der Waals surface area contributed by atoms with E-state index in [1.807, 2.05) is 19.1 Å². The van der Waals surface area contributed by atoms with Gasteiger partial charge < -0.3 is 4.90 Å². The van der Waals surface area contributed by atoms with Crippen LogP contribution in [0, 0.1) is 24.2 Å². The molecular weight excluding hydrogens is 208 g/mol. The van der Waals surface area contributed by atoms with Crippen LogP contribution in [-0.4, -0.2) is 12.6 Å². The van der Waals surface area contributed by atoms with Crippen molar-refractivity contribution in [2.24, 2.45) is 5.92 Å². The lowest BCUT2D eigenvalue weighted by Gasteiger charge is -2.31. The Morgan fingerprint density at radius 2 is 1.88 bits per heavy atom. The van der Waals surface area contributed by atoms with Crippen LogP contribution in [0.5, 0.6) is 0 Å². The maximum atomic E-state index is 8.94. The lowest BCUT2D eigenvalue weighted by Crippen LogP contribution is -2.34. The fourth-order valence-corrected chi connectivity index (χ4v) is 1.96. The zero-order chi connectivity index (χ0) is 13.0. The maximum absolute atomic E-state index is 8.94. The summed E-state index contributed by atoms with van der Waals surface area (Å²) in [7, 11) is 0. The highest BCUT2D eigenvalue weighted by atomic mass is 15.2. The minimum Gasteiger partial charge on any atom is -0.369 e. The molecule has 0 amide bonds. The summed E-state index contributed by atoms with van der Waals surface area (Å²) in [6, 6.07) is 8.77. The molecule has 17 heavy (non-hydrogen) atoms. The molecule has 0 unspecified atom stereocenters. The molecule has 2 heteroatoms. The fourth-order valence-electron chi connectivity index (χ4n) is 1.96. The van der Waals surface area contributed by atoms with Gasteiger partial charge in [-0.05, 0) is 50.5 Å². The van der Waals surface area contributed by atoms with Gasteiger partial charge in [0.2, 0.25) is 0 Å². The van der Waals surface area contributed by atoms with Gasteiger partial charge in [0.15, 0.2) is 0 Å². The molecule has 0 atom stereocenters. The van der Waals surface area contributed by atoms with Gasteiger partial charge in [-0.15, -0.1) is 0 Å². The van der Waals surface area contributed by atoms with E-state index in [-0.39, 0.29) is 0 Å². The summed E-state index contributed by atoms with van der Waals surface area (Å²) in [4.78, 5) is 2.39. The van der Waals surface area contributed by atoms with Gasteiger partial charge in [-0.25, -0.2) is 0 Å². The molecule has 0 bridgehead atoms. The first kappa shape index (κ1) is 13.6. The molecule has 0 spiro atoms. The molecular formula is C15H22N2. The summed E-state index contributed by atoms with van der Waals surface area (Å²) < 4.78 is 0. The van der Waals surface area contributed by atoms with Gasteiger partial charge in [0, 0.05) is 18.3 Å². The van der Waals surface area contributed by atoms with Crippen molar-refractivity contribution < 1.29 is 0 Å². The Morgan fingerprint density at radius 1 is 1.24 bits per heavy atom. The van der Waals surface area contributed by atoms with Crippen LogP contribution in [0.25, 0.3) is 0 Å². The van der Waals surface area contributed by atoms with Crippen molar-refractivity contribution in [1.82, 2.24) is 0 Å². The van der Waals surface area contributed by atoms with Crippen LogP contribution >= 0.6 is 0 Å². The first-order valence-corrected chi connectivity index (χ1v) is 6.23. The zero-order valence-electron chi connectivity index (χ0n) is 11.5. The molecule has 2 nitrogen and oxygen atoms in total. The van der Waals surface area contributed by atoms with Crippen molar-refractivity contribution >= 4 is 5.69 Å². The van der Waals surface area contributed by atoms with Crippen molar-refractivity contribution in [2.45, 2.75) is 40.7 Å². The largest absolute Gasteiger partial charge is 0.369 e. The molecule has 0 N–H and O–H groups in total. The van der Waals surface area contributed by atoms with Crippen LogP contribution in [0.4, 0.5) is 5.69 Å². The highest BCUT2D eigenvalue weighted by Crippen LogP contribution is 2.22. The Labute approximate surface area is 105 Å². The molecule has 1 aromatic carbocycles. The Bertz CT molecular complexity index is 413. The molecule has 0 aliphatic heterocycles. The smallest absolute Gasteiger partial charge is 0.0994 e. The second-order valence-corrected chi connectivity index (χ2v) is 5.25. The predicted octanol–water partition coefficient (Wildman–Crippen LogP) is 3.74. The third-order valence-corrected chi connectivity index (χ3v) is 2.85. The van der Waals surface area contributed by atoms with Crippen LogP contribution < -0.4 is 4.90 Å². The summed E-state index contributed by atoms with van der Waals surface area (Å²) in [5, 5.41) is 8.94. The van der Waals surface area contributed by atoms with E-state index < -0.39 is 0 Å². The molecule has 0 aliphatic carbocycles. The standard InChI is InChI=1S/C15H22N2/c1-11(2)10-17(12(3)4)15-7-6-14(9-16)13(5)8-15/h6-8,11-12H,10H2,1-5H3. The van der Waals surface area contributed by atoms with Gasteiger partial charge in [0.25, 0.3) is 0 Å². The van der Waals surface area contributed by atoms with E-state index in [2.05, 4.69) is 44.7 Å². The number of hydrogen-bond acceptors (Lipinski definition) is 2. The zero-order valence-corrected chi connectivity index (χ0v) is 11.5. The summed E-state index contributed by atoms with van der Waals surface area (Å²) in [5.74, 6) is 0.633. The Hall–Kier alpha value is -1.49. The van der Waals surface area contributed by atoms with Crippen LogP contribution in [0.3, 0.4) is 0 Å². The maximum Gasteiger partial charge on any atom is 0.0994 e. The van der Waals surface area contributed by atoms with Crippen molar-refractivity contribution in [3.8, 4) is 6.07 Å². The molecule has 0 aliphatic rings. The molecule has 0 radical (unpaired) electrons. The lowest BCUT2D eigenvalue weighted by molar-refractivity contribution is 0.571. The van der Waals surface area contributed by atoms with Crippen molar-refractivity contribution in [2.75, 3.05) is 11.4 Å². The SMILES string of the molecule is Cc1cc(N(CC(C)C)C(C)C)ccc1C#N. The average Bonchev–Trinajstić information content (AvgIpc) is 2.25. The van der Waals surface area contributed by atoms with Crippen LogP contribution in [0.2, 0.25) is 0 Å². The van der Waals surface area contributed by atoms with E-state index in [4.69, 9.17) is 5.26 Å². The third-order valence-electron chi connectivity index (χ3n) is 2.85. The van der Waals surface area contributed by atoms with Gasteiger partial charge in [0.1, 0.15) is 0 Å². The summed E-state index contributed by atoms with van der Waals surface area (Å²) in [6.45, 7) is 11.9. The van der Waals surface area contributed by atoms with Crippen LogP contribution in [0.15, 0.2) is 18.2 Å². The van der Waals surface area contributed by atoms with Gasteiger partial charge >= 0.3 is 0 Å². The molecule has 0 aromatic heterocycles. The Morgan fingerprint density at radius 3 is 2.29 bits per heavy atom. The average molecular weight is 230 g/mol. The van der Waals surface area contributed by atoms with E-state index >= 15 is 0 Å². The molecule has 92 valence electrons. The number of anilines is 1. The Kier molecular flexibility index (Phi) is 4.57.